The maximum absolute atomic E-state index is 11.3. The van der Waals surface area contributed by atoms with Gasteiger partial charge in [-0.05, 0) is 11.6 Å². The molecule has 0 amide bonds. The molecule has 314 valence electrons. The van der Waals surface area contributed by atoms with Crippen molar-refractivity contribution in [1.82, 2.24) is 4.98 Å². The van der Waals surface area contributed by atoms with E-state index in [9.17, 15) is 54.6 Å². The van der Waals surface area contributed by atoms with Gasteiger partial charge in [0.15, 0.2) is 0 Å². The molecule has 2 aliphatic heterocycles. The number of likely N-dealkylation sites (N-methyl/N-ethyl adjacent to an activating group) is 4. The number of nitrogens with zero attached hydrogens (tertiary/aromatic N) is 4. The Bertz CT molecular complexity index is 1550. The van der Waals surface area contributed by atoms with Crippen molar-refractivity contribution in [3.63, 3.8) is 0 Å². The molecule has 0 aliphatic carbocycles. The van der Waals surface area contributed by atoms with Gasteiger partial charge < -0.3 is 67.6 Å². The second-order valence-electron chi connectivity index (χ2n) is 18.3. The summed E-state index contributed by atoms with van der Waals surface area (Å²) >= 11 is -1.68. The molecular formula is C38H66AsN5O11. The monoisotopic (exact) mass is 843 g/mol. The van der Waals surface area contributed by atoms with Gasteiger partial charge in [0.2, 0.25) is 0 Å². The largest absolute Gasteiger partial charge is 0.544 e. The van der Waals surface area contributed by atoms with Gasteiger partial charge in [0.05, 0.1) is 101 Å². The van der Waals surface area contributed by atoms with Crippen LogP contribution in [-0.2, 0) is 30.4 Å². The van der Waals surface area contributed by atoms with Gasteiger partial charge in [0.25, 0.3) is 0 Å². The van der Waals surface area contributed by atoms with Gasteiger partial charge in [-0.3, -0.25) is 0 Å². The fourth-order valence-electron chi connectivity index (χ4n) is 6.23. The minimum absolute atomic E-state index is 0.0694. The van der Waals surface area contributed by atoms with Crippen LogP contribution in [0.1, 0.15) is 24.8 Å². The number of carbonyl (C=O) groups is 5. The molecule has 2 saturated heterocycles. The minimum Gasteiger partial charge on any atom is -0.544 e. The Balaban J connectivity index is 0.000000693. The number of rotatable bonds is 10. The Kier molecular flexibility index (Phi) is 19.8. The molecular weight excluding hydrogens is 777 g/mol. The van der Waals surface area contributed by atoms with Crippen LogP contribution in [0.15, 0.2) is 30.5 Å². The number of quaternary nitrogens is 4. The molecule has 4 atom stereocenters. The molecule has 16 nitrogen and oxygen atoms in total. The second-order valence-corrected chi connectivity index (χ2v) is 28.6. The van der Waals surface area contributed by atoms with E-state index >= 15 is 0 Å². The number of aliphatic hydroxyl groups is 1. The van der Waals surface area contributed by atoms with E-state index in [1.807, 2.05) is 82.8 Å². The Morgan fingerprint density at radius 3 is 1.64 bits per heavy atom. The van der Waals surface area contributed by atoms with Crippen LogP contribution >= 0.6 is 0 Å². The summed E-state index contributed by atoms with van der Waals surface area (Å²) in [6.07, 6.45) is 3.95. The number of aliphatic hydroxyl groups excluding tert-OH is 1. The molecule has 0 bridgehead atoms. The predicted molar refractivity (Wildman–Crippen MR) is 201 cm³/mol. The Labute approximate surface area is 329 Å². The summed E-state index contributed by atoms with van der Waals surface area (Å²) in [6, 6.07) is 6.52. The first-order valence-electron chi connectivity index (χ1n) is 18.0. The van der Waals surface area contributed by atoms with Crippen molar-refractivity contribution in [3.8, 4) is 0 Å². The normalized spacial score (nSPS) is 20.4. The first-order chi connectivity index (χ1) is 24.7. The maximum Gasteiger partial charge on any atom is 0.133 e. The van der Waals surface area contributed by atoms with E-state index in [0.717, 1.165) is 35.9 Å². The first-order valence-corrected chi connectivity index (χ1v) is 25.0. The number of aliphatic carboxylic acids is 5. The molecule has 55 heavy (non-hydrogen) atoms. The van der Waals surface area contributed by atoms with Gasteiger partial charge in [-0.25, -0.2) is 0 Å². The van der Waals surface area contributed by atoms with Crippen LogP contribution in [0.4, 0.5) is 0 Å². The van der Waals surface area contributed by atoms with Gasteiger partial charge in [0.1, 0.15) is 37.3 Å². The zero-order chi connectivity index (χ0) is 43.3. The van der Waals surface area contributed by atoms with Crippen LogP contribution in [-0.4, -0.2) is 186 Å². The van der Waals surface area contributed by atoms with E-state index in [2.05, 4.69) is 4.98 Å². The first kappa shape index (κ1) is 51.5. The van der Waals surface area contributed by atoms with E-state index in [-0.39, 0.29) is 12.6 Å². The number of carboxylic acid groups (broad SMARTS) is 5. The third kappa shape index (κ3) is 20.3. The average molecular weight is 844 g/mol. The van der Waals surface area contributed by atoms with E-state index in [1.165, 1.54) is 0 Å². The molecule has 0 spiro atoms. The number of likely N-dealkylation sites (tertiary alicyclic amines) is 2. The van der Waals surface area contributed by atoms with Gasteiger partial charge in [-0.2, -0.15) is 0 Å². The number of benzene rings is 1. The number of fused-ring (bicyclic) bond motifs is 1. The van der Waals surface area contributed by atoms with Crippen molar-refractivity contribution in [2.45, 2.75) is 72.3 Å². The fourth-order valence-corrected chi connectivity index (χ4v) is 7.85. The molecule has 0 radical (unpaired) electrons. The summed E-state index contributed by atoms with van der Waals surface area (Å²) in [5, 5.41) is 62.7. The zero-order valence-corrected chi connectivity index (χ0v) is 37.0. The maximum atomic E-state index is 11.3. The van der Waals surface area contributed by atoms with Crippen LogP contribution in [0.3, 0.4) is 0 Å². The summed E-state index contributed by atoms with van der Waals surface area (Å²) in [4.78, 5) is 55.3. The molecule has 1 aromatic heterocycles. The van der Waals surface area contributed by atoms with Crippen molar-refractivity contribution in [2.75, 3.05) is 90.1 Å². The summed E-state index contributed by atoms with van der Waals surface area (Å²) in [6.45, 7) is 1.53. The van der Waals surface area contributed by atoms with Crippen LogP contribution in [0.5, 0.6) is 0 Å². The number of H-pyrrole nitrogens is 1. The van der Waals surface area contributed by atoms with Crippen LogP contribution in [0.2, 0.25) is 22.3 Å². The molecule has 3 heterocycles. The SMILES string of the molecule is C[As+](C)(C)CC(=O)[O-].C[N+](C)(C)C(Cc1c[nH]c2ccccc12)C(=O)[O-].C[N+](C)(C)CC(=O)[O-].C[N+]1(C)CC(O)CC1C(=O)[O-].C[N+]1(C)CCCC1C(=O)[O-]. The summed E-state index contributed by atoms with van der Waals surface area (Å²) in [5.41, 5.74) is 8.16. The molecule has 2 fully saturated rings. The number of aromatic nitrogens is 1. The smallest absolute Gasteiger partial charge is 0.133 e. The number of hydrogen-bond acceptors (Lipinski definition) is 11. The molecule has 17 heteroatoms. The second kappa shape index (κ2) is 21.1. The van der Waals surface area contributed by atoms with Crippen molar-refractivity contribution in [2.24, 2.45) is 0 Å². The molecule has 2 N–H and O–H groups in total. The van der Waals surface area contributed by atoms with E-state index in [1.54, 1.807) is 35.2 Å². The van der Waals surface area contributed by atoms with Crippen molar-refractivity contribution < 1.29 is 72.5 Å². The van der Waals surface area contributed by atoms with Crippen LogP contribution < -0.4 is 25.5 Å². The number of carbonyl (C=O) groups excluding carboxylic acids is 5. The number of aromatic amines is 1. The number of hydrogen-bond donors (Lipinski definition) is 2. The number of carboxylic acids is 5. The molecule has 4 unspecified atom stereocenters. The molecule has 1 aromatic carbocycles. The van der Waals surface area contributed by atoms with Crippen molar-refractivity contribution in [1.29, 1.82) is 0 Å². The molecule has 4 rings (SSSR count). The summed E-state index contributed by atoms with van der Waals surface area (Å²) in [7, 11) is 18.5. The third-order valence-corrected chi connectivity index (χ3v) is 11.7. The fraction of sp³-hybridized carbons (Fsp3) is 0.658. The minimum atomic E-state index is -1.68. The van der Waals surface area contributed by atoms with Gasteiger partial charge >= 0.3 is 51.8 Å². The molecule has 2 aliphatic rings. The van der Waals surface area contributed by atoms with Crippen molar-refractivity contribution in [3.05, 3.63) is 36.0 Å². The van der Waals surface area contributed by atoms with E-state index in [4.69, 9.17) is 0 Å². The topological polar surface area (TPSA) is 237 Å². The van der Waals surface area contributed by atoms with Crippen LogP contribution in [0.25, 0.3) is 10.9 Å². The Hall–Kier alpha value is -3.53. The molecule has 0 saturated carbocycles. The number of para-hydroxylation sites is 1. The summed E-state index contributed by atoms with van der Waals surface area (Å²) < 4.78 is 1.68. The van der Waals surface area contributed by atoms with Crippen molar-refractivity contribution >= 4 is 54.3 Å². The predicted octanol–water partition coefficient (Wildman–Crippen LogP) is -4.03. The Morgan fingerprint density at radius 1 is 0.836 bits per heavy atom. The zero-order valence-electron chi connectivity index (χ0n) is 35.1. The van der Waals surface area contributed by atoms with E-state index in [0.29, 0.717) is 42.5 Å². The van der Waals surface area contributed by atoms with Gasteiger partial charge in [0, 0.05) is 42.8 Å². The standard InChI is InChI=1S/C14H18N2O2.C7H13NO3.C7H13NO2.C5H11AsO2.C5H11NO2/c1-16(2,3)13(14(17)18)8-10-9-15-12-7-5-4-6-11(10)12;1-8(2)4-5(9)3-6(8)7(10)11;1-8(2)5-3-4-6(8)7(9)10;2*1-6(2,3)4-5(7)8/h4-7,9,13,15H,8H2,1-3H3;5-6,9H,3-4H2,1-2H3;6H,3-5H2,1-2H3;2*4H2,1-3H3. The Morgan fingerprint density at radius 2 is 1.36 bits per heavy atom. The average Bonchev–Trinajstić information content (AvgIpc) is 3.62. The van der Waals surface area contributed by atoms with Gasteiger partial charge in [-0.15, -0.1) is 0 Å². The van der Waals surface area contributed by atoms with Gasteiger partial charge in [-0.1, -0.05) is 18.2 Å². The number of nitrogens with one attached hydrogen (secondary N) is 1. The van der Waals surface area contributed by atoms with E-state index < -0.39 is 61.6 Å². The van der Waals surface area contributed by atoms with Crippen LogP contribution in [0, 0.1) is 0 Å². The molecule has 2 aromatic rings. The summed E-state index contributed by atoms with van der Waals surface area (Å²) in [5.74, 6) is -4.87. The quantitative estimate of drug-likeness (QED) is 0.173. The third-order valence-electron chi connectivity index (χ3n) is 9.12.